The summed E-state index contributed by atoms with van der Waals surface area (Å²) in [5, 5.41) is 12.6. The van der Waals surface area contributed by atoms with Gasteiger partial charge in [0, 0.05) is 25.6 Å². The van der Waals surface area contributed by atoms with E-state index in [1.165, 1.54) is 0 Å². The zero-order valence-corrected chi connectivity index (χ0v) is 9.92. The normalized spacial score (nSPS) is 23.8. The second kappa shape index (κ2) is 4.94. The maximum atomic E-state index is 11.4. The van der Waals surface area contributed by atoms with Crippen LogP contribution in [0.2, 0.25) is 0 Å². The van der Waals surface area contributed by atoms with Crippen LogP contribution in [0, 0.1) is 0 Å². The number of rotatable bonds is 3. The number of aliphatic hydroxyl groups is 1. The SMILES string of the molecule is CN(CC(C)(C)O)C1CCCNC(=O)C1. The van der Waals surface area contributed by atoms with Crippen LogP contribution in [0.5, 0.6) is 0 Å². The molecule has 1 unspecified atom stereocenters. The van der Waals surface area contributed by atoms with Gasteiger partial charge in [-0.1, -0.05) is 0 Å². The van der Waals surface area contributed by atoms with Gasteiger partial charge in [-0.05, 0) is 33.7 Å². The Hall–Kier alpha value is -0.610. The van der Waals surface area contributed by atoms with Crippen molar-refractivity contribution in [1.82, 2.24) is 10.2 Å². The standard InChI is InChI=1S/C11H22N2O2/c1-11(2,15)8-13(3)9-5-4-6-12-10(14)7-9/h9,15H,4-8H2,1-3H3,(H,12,14). The van der Waals surface area contributed by atoms with E-state index in [0.717, 1.165) is 19.4 Å². The highest BCUT2D eigenvalue weighted by Gasteiger charge is 2.25. The lowest BCUT2D eigenvalue weighted by Gasteiger charge is -2.31. The molecule has 1 atom stereocenters. The smallest absolute Gasteiger partial charge is 0.221 e. The molecule has 1 rings (SSSR count). The molecule has 1 amide bonds. The van der Waals surface area contributed by atoms with Crippen molar-refractivity contribution in [3.63, 3.8) is 0 Å². The van der Waals surface area contributed by atoms with Crippen LogP contribution in [0.15, 0.2) is 0 Å². The fourth-order valence-corrected chi connectivity index (χ4v) is 2.07. The molecule has 4 nitrogen and oxygen atoms in total. The van der Waals surface area contributed by atoms with E-state index in [9.17, 15) is 9.90 Å². The maximum Gasteiger partial charge on any atom is 0.221 e. The topological polar surface area (TPSA) is 52.6 Å². The lowest BCUT2D eigenvalue weighted by Crippen LogP contribution is -2.43. The highest BCUT2D eigenvalue weighted by Crippen LogP contribution is 2.15. The van der Waals surface area contributed by atoms with Crippen molar-refractivity contribution in [2.45, 2.75) is 44.8 Å². The Morgan fingerprint density at radius 3 is 2.87 bits per heavy atom. The van der Waals surface area contributed by atoms with Crippen LogP contribution in [0.1, 0.15) is 33.1 Å². The largest absolute Gasteiger partial charge is 0.389 e. The summed E-state index contributed by atoms with van der Waals surface area (Å²) in [6, 6.07) is 0.263. The molecule has 0 saturated carbocycles. The second-order valence-electron chi connectivity index (χ2n) is 5.08. The Morgan fingerprint density at radius 2 is 2.27 bits per heavy atom. The van der Waals surface area contributed by atoms with Crippen LogP contribution >= 0.6 is 0 Å². The third-order valence-electron chi connectivity index (χ3n) is 2.72. The molecule has 0 spiro atoms. The van der Waals surface area contributed by atoms with Crippen molar-refractivity contribution in [3.8, 4) is 0 Å². The molecule has 1 aliphatic rings. The Bertz CT molecular complexity index is 223. The number of hydrogen-bond acceptors (Lipinski definition) is 3. The molecular formula is C11H22N2O2. The molecular weight excluding hydrogens is 192 g/mol. The average Bonchev–Trinajstić information content (AvgIpc) is 2.26. The van der Waals surface area contributed by atoms with E-state index in [4.69, 9.17) is 0 Å². The van der Waals surface area contributed by atoms with Crippen molar-refractivity contribution >= 4 is 5.91 Å². The van der Waals surface area contributed by atoms with Crippen LogP contribution in [-0.4, -0.2) is 47.7 Å². The fraction of sp³-hybridized carbons (Fsp3) is 0.909. The summed E-state index contributed by atoms with van der Waals surface area (Å²) >= 11 is 0. The first-order valence-electron chi connectivity index (χ1n) is 5.58. The van der Waals surface area contributed by atoms with Gasteiger partial charge in [0.2, 0.25) is 5.91 Å². The zero-order valence-electron chi connectivity index (χ0n) is 9.92. The monoisotopic (exact) mass is 214 g/mol. The Balaban J connectivity index is 2.50. The number of carbonyl (C=O) groups is 1. The molecule has 1 fully saturated rings. The Kier molecular flexibility index (Phi) is 4.11. The van der Waals surface area contributed by atoms with Gasteiger partial charge in [0.05, 0.1) is 5.60 Å². The molecule has 0 aromatic rings. The van der Waals surface area contributed by atoms with E-state index in [2.05, 4.69) is 10.2 Å². The number of hydrogen-bond donors (Lipinski definition) is 2. The minimum absolute atomic E-state index is 0.125. The van der Waals surface area contributed by atoms with Crippen molar-refractivity contribution in [3.05, 3.63) is 0 Å². The van der Waals surface area contributed by atoms with Gasteiger partial charge in [-0.3, -0.25) is 4.79 Å². The summed E-state index contributed by atoms with van der Waals surface area (Å²) in [4.78, 5) is 13.5. The van der Waals surface area contributed by atoms with Gasteiger partial charge in [0.1, 0.15) is 0 Å². The number of likely N-dealkylation sites (N-methyl/N-ethyl adjacent to an activating group) is 1. The highest BCUT2D eigenvalue weighted by atomic mass is 16.3. The van der Waals surface area contributed by atoms with Crippen LogP contribution in [0.3, 0.4) is 0 Å². The number of nitrogens with one attached hydrogen (secondary N) is 1. The molecule has 15 heavy (non-hydrogen) atoms. The lowest BCUT2D eigenvalue weighted by molar-refractivity contribution is -0.121. The predicted octanol–water partition coefficient (Wildman–Crippen LogP) is 0.358. The Morgan fingerprint density at radius 1 is 1.60 bits per heavy atom. The molecule has 4 heteroatoms. The van der Waals surface area contributed by atoms with Gasteiger partial charge < -0.3 is 15.3 Å². The molecule has 1 saturated heterocycles. The van der Waals surface area contributed by atoms with E-state index >= 15 is 0 Å². The van der Waals surface area contributed by atoms with E-state index in [-0.39, 0.29) is 11.9 Å². The minimum Gasteiger partial charge on any atom is -0.389 e. The predicted molar refractivity (Wildman–Crippen MR) is 59.6 cm³/mol. The van der Waals surface area contributed by atoms with Crippen molar-refractivity contribution < 1.29 is 9.90 Å². The Labute approximate surface area is 91.6 Å². The first kappa shape index (κ1) is 12.5. The van der Waals surface area contributed by atoms with Gasteiger partial charge in [0.25, 0.3) is 0 Å². The van der Waals surface area contributed by atoms with Gasteiger partial charge in [0.15, 0.2) is 0 Å². The summed E-state index contributed by atoms with van der Waals surface area (Å²) in [6.45, 7) is 4.97. The third-order valence-corrected chi connectivity index (χ3v) is 2.72. The quantitative estimate of drug-likeness (QED) is 0.713. The first-order chi connectivity index (χ1) is 6.88. The number of nitrogens with zero attached hydrogens (tertiary/aromatic N) is 1. The molecule has 0 bridgehead atoms. The van der Waals surface area contributed by atoms with Gasteiger partial charge in [-0.25, -0.2) is 0 Å². The lowest BCUT2D eigenvalue weighted by atomic mass is 10.0. The molecule has 1 aliphatic heterocycles. The molecule has 0 aromatic heterocycles. The first-order valence-corrected chi connectivity index (χ1v) is 5.58. The molecule has 2 N–H and O–H groups in total. The van der Waals surface area contributed by atoms with E-state index in [1.54, 1.807) is 13.8 Å². The van der Waals surface area contributed by atoms with E-state index in [1.807, 2.05) is 7.05 Å². The summed E-state index contributed by atoms with van der Waals surface area (Å²) < 4.78 is 0. The number of carbonyl (C=O) groups excluding carboxylic acids is 1. The van der Waals surface area contributed by atoms with Crippen molar-refractivity contribution in [1.29, 1.82) is 0 Å². The highest BCUT2D eigenvalue weighted by molar-refractivity contribution is 5.76. The number of amides is 1. The van der Waals surface area contributed by atoms with E-state index < -0.39 is 5.60 Å². The summed E-state index contributed by atoms with van der Waals surface area (Å²) in [5.41, 5.74) is -0.697. The second-order valence-corrected chi connectivity index (χ2v) is 5.08. The zero-order chi connectivity index (χ0) is 11.5. The van der Waals surface area contributed by atoms with Gasteiger partial charge >= 0.3 is 0 Å². The van der Waals surface area contributed by atoms with Gasteiger partial charge in [-0.2, -0.15) is 0 Å². The average molecular weight is 214 g/mol. The van der Waals surface area contributed by atoms with Crippen LogP contribution < -0.4 is 5.32 Å². The van der Waals surface area contributed by atoms with Crippen molar-refractivity contribution in [2.75, 3.05) is 20.1 Å². The molecule has 1 heterocycles. The molecule has 0 aromatic carbocycles. The minimum atomic E-state index is -0.697. The summed E-state index contributed by atoms with van der Waals surface area (Å²) in [5.74, 6) is 0.125. The summed E-state index contributed by atoms with van der Waals surface area (Å²) in [7, 11) is 1.97. The third kappa shape index (κ3) is 4.62. The van der Waals surface area contributed by atoms with Crippen LogP contribution in [0.25, 0.3) is 0 Å². The summed E-state index contributed by atoms with van der Waals surface area (Å²) in [6.07, 6.45) is 2.59. The van der Waals surface area contributed by atoms with Crippen molar-refractivity contribution in [2.24, 2.45) is 0 Å². The maximum absolute atomic E-state index is 11.4. The van der Waals surface area contributed by atoms with Crippen LogP contribution in [-0.2, 0) is 4.79 Å². The van der Waals surface area contributed by atoms with Crippen LogP contribution in [0.4, 0.5) is 0 Å². The molecule has 0 radical (unpaired) electrons. The molecule has 0 aliphatic carbocycles. The van der Waals surface area contributed by atoms with Gasteiger partial charge in [-0.15, -0.1) is 0 Å². The molecule has 88 valence electrons. The van der Waals surface area contributed by atoms with E-state index in [0.29, 0.717) is 13.0 Å². The fourth-order valence-electron chi connectivity index (χ4n) is 2.07.